The van der Waals surface area contributed by atoms with Crippen LogP contribution >= 0.6 is 0 Å². The molecular weight excluding hydrogens is 431 g/mol. The SMILES string of the molecule is CC(C)(C)OC(=O)N1CCC(CC(NC(=O)c2ccc(C3CC3)c(F)c2)c2ccccc2)CC1. The van der Waals surface area contributed by atoms with Gasteiger partial charge in [-0.1, -0.05) is 36.4 Å². The molecule has 0 spiro atoms. The van der Waals surface area contributed by atoms with E-state index >= 15 is 0 Å². The first-order valence-corrected chi connectivity index (χ1v) is 12.3. The molecule has 6 heteroatoms. The summed E-state index contributed by atoms with van der Waals surface area (Å²) in [5, 5.41) is 3.14. The van der Waals surface area contributed by atoms with Crippen LogP contribution in [0.25, 0.3) is 0 Å². The van der Waals surface area contributed by atoms with Gasteiger partial charge in [-0.05, 0) is 88.0 Å². The summed E-state index contributed by atoms with van der Waals surface area (Å²) in [5.74, 6) is 0.112. The average Bonchev–Trinajstić information content (AvgIpc) is 3.63. The number of likely N-dealkylation sites (tertiary alicyclic amines) is 1. The first-order valence-electron chi connectivity index (χ1n) is 12.3. The number of rotatable bonds is 6. The molecule has 2 aromatic rings. The normalized spacial score (nSPS) is 17.8. The van der Waals surface area contributed by atoms with E-state index in [0.29, 0.717) is 36.1 Å². The van der Waals surface area contributed by atoms with Crippen LogP contribution in [0, 0.1) is 11.7 Å². The molecule has 1 saturated heterocycles. The third-order valence-electron chi connectivity index (χ3n) is 6.62. The molecule has 1 unspecified atom stereocenters. The van der Waals surface area contributed by atoms with E-state index in [1.165, 1.54) is 6.07 Å². The molecule has 0 bridgehead atoms. The molecule has 1 N–H and O–H groups in total. The lowest BCUT2D eigenvalue weighted by molar-refractivity contribution is 0.0178. The molecule has 2 aromatic carbocycles. The van der Waals surface area contributed by atoms with Gasteiger partial charge in [-0.2, -0.15) is 0 Å². The van der Waals surface area contributed by atoms with Crippen LogP contribution in [-0.2, 0) is 4.74 Å². The number of piperidine rings is 1. The average molecular weight is 467 g/mol. The van der Waals surface area contributed by atoms with Crippen LogP contribution in [0.3, 0.4) is 0 Å². The summed E-state index contributed by atoms with van der Waals surface area (Å²) in [7, 11) is 0. The third kappa shape index (κ3) is 6.37. The number of halogens is 1. The Labute approximate surface area is 201 Å². The number of benzene rings is 2. The van der Waals surface area contributed by atoms with E-state index in [4.69, 9.17) is 4.74 Å². The number of nitrogens with one attached hydrogen (secondary N) is 1. The van der Waals surface area contributed by atoms with Crippen molar-refractivity contribution in [3.63, 3.8) is 0 Å². The third-order valence-corrected chi connectivity index (χ3v) is 6.62. The predicted molar refractivity (Wildman–Crippen MR) is 130 cm³/mol. The van der Waals surface area contributed by atoms with Gasteiger partial charge in [0.15, 0.2) is 0 Å². The van der Waals surface area contributed by atoms with Crippen molar-refractivity contribution < 1.29 is 18.7 Å². The van der Waals surface area contributed by atoms with Gasteiger partial charge in [0.05, 0.1) is 6.04 Å². The molecule has 182 valence electrons. The molecule has 1 heterocycles. The van der Waals surface area contributed by atoms with Gasteiger partial charge < -0.3 is 15.0 Å². The highest BCUT2D eigenvalue weighted by atomic mass is 19.1. The fourth-order valence-electron chi connectivity index (χ4n) is 4.61. The number of hydrogen-bond acceptors (Lipinski definition) is 3. The summed E-state index contributed by atoms with van der Waals surface area (Å²) in [4.78, 5) is 27.2. The Morgan fingerprint density at radius 1 is 1.06 bits per heavy atom. The zero-order valence-corrected chi connectivity index (χ0v) is 20.4. The summed E-state index contributed by atoms with van der Waals surface area (Å²) in [6.07, 6.45) is 4.24. The monoisotopic (exact) mass is 466 g/mol. The maximum absolute atomic E-state index is 14.5. The molecular formula is C28H35FN2O3. The second-order valence-electron chi connectivity index (χ2n) is 10.6. The van der Waals surface area contributed by atoms with E-state index in [9.17, 15) is 14.0 Å². The number of amides is 2. The van der Waals surface area contributed by atoms with Crippen LogP contribution in [0.5, 0.6) is 0 Å². The molecule has 1 atom stereocenters. The molecule has 4 rings (SSSR count). The Bertz CT molecular complexity index is 1010. The van der Waals surface area contributed by atoms with Crippen LogP contribution in [0.1, 0.15) is 86.3 Å². The van der Waals surface area contributed by atoms with Gasteiger partial charge in [0.1, 0.15) is 11.4 Å². The molecule has 34 heavy (non-hydrogen) atoms. The van der Waals surface area contributed by atoms with Crippen LogP contribution in [0.4, 0.5) is 9.18 Å². The van der Waals surface area contributed by atoms with Crippen molar-refractivity contribution in [1.29, 1.82) is 0 Å². The smallest absolute Gasteiger partial charge is 0.410 e. The highest BCUT2D eigenvalue weighted by molar-refractivity contribution is 5.94. The highest BCUT2D eigenvalue weighted by Crippen LogP contribution is 2.41. The van der Waals surface area contributed by atoms with Gasteiger partial charge in [0.2, 0.25) is 0 Å². The Hall–Kier alpha value is -2.89. The van der Waals surface area contributed by atoms with E-state index in [2.05, 4.69) is 5.32 Å². The largest absolute Gasteiger partial charge is 0.444 e. The maximum atomic E-state index is 14.5. The number of hydrogen-bond donors (Lipinski definition) is 1. The first-order chi connectivity index (χ1) is 16.2. The van der Waals surface area contributed by atoms with E-state index in [-0.39, 0.29) is 23.9 Å². The van der Waals surface area contributed by atoms with Crippen molar-refractivity contribution >= 4 is 12.0 Å². The van der Waals surface area contributed by atoms with Gasteiger partial charge >= 0.3 is 6.09 Å². The summed E-state index contributed by atoms with van der Waals surface area (Å²) < 4.78 is 20.0. The lowest BCUT2D eigenvalue weighted by Gasteiger charge is -2.35. The van der Waals surface area contributed by atoms with Crippen LogP contribution < -0.4 is 5.32 Å². The van der Waals surface area contributed by atoms with Gasteiger partial charge in [-0.25, -0.2) is 9.18 Å². The summed E-state index contributed by atoms with van der Waals surface area (Å²) in [5.41, 5.74) is 1.59. The second-order valence-corrected chi connectivity index (χ2v) is 10.6. The number of ether oxygens (including phenoxy) is 1. The van der Waals surface area contributed by atoms with E-state index in [1.807, 2.05) is 51.1 Å². The summed E-state index contributed by atoms with van der Waals surface area (Å²) in [6, 6.07) is 14.6. The van der Waals surface area contributed by atoms with Gasteiger partial charge in [0, 0.05) is 18.7 Å². The van der Waals surface area contributed by atoms with E-state index in [1.54, 1.807) is 17.0 Å². The maximum Gasteiger partial charge on any atom is 0.410 e. The minimum atomic E-state index is -0.507. The lowest BCUT2D eigenvalue weighted by atomic mass is 9.87. The molecule has 1 aliphatic heterocycles. The summed E-state index contributed by atoms with van der Waals surface area (Å²) in [6.45, 7) is 6.90. The number of carbonyl (C=O) groups excluding carboxylic acids is 2. The highest BCUT2D eigenvalue weighted by Gasteiger charge is 2.30. The van der Waals surface area contributed by atoms with Crippen molar-refractivity contribution in [3.05, 3.63) is 71.0 Å². The fourth-order valence-corrected chi connectivity index (χ4v) is 4.61. The Kier molecular flexibility index (Phi) is 7.24. The standard InChI is InChI=1S/C28H35FN2O3/c1-28(2,3)34-27(33)31-15-13-19(14-16-31)17-25(21-7-5-4-6-8-21)30-26(32)22-11-12-23(20-9-10-20)24(29)18-22/h4-8,11-12,18-20,25H,9-10,13-17H2,1-3H3,(H,30,32). The van der Waals surface area contributed by atoms with E-state index in [0.717, 1.165) is 37.7 Å². The number of nitrogens with zero attached hydrogens (tertiary/aromatic N) is 1. The summed E-state index contributed by atoms with van der Waals surface area (Å²) >= 11 is 0. The molecule has 1 aliphatic carbocycles. The first kappa shape index (κ1) is 24.2. The Morgan fingerprint density at radius 2 is 1.74 bits per heavy atom. The van der Waals surface area contributed by atoms with Gasteiger partial charge in [-0.3, -0.25) is 4.79 Å². The quantitative estimate of drug-likeness (QED) is 0.550. The fraction of sp³-hybridized carbons (Fsp3) is 0.500. The van der Waals surface area contributed by atoms with Gasteiger partial charge in [0.25, 0.3) is 5.91 Å². The second kappa shape index (κ2) is 10.2. The van der Waals surface area contributed by atoms with Crippen LogP contribution in [0.2, 0.25) is 0 Å². The minimum absolute atomic E-state index is 0.182. The van der Waals surface area contributed by atoms with Crippen molar-refractivity contribution in [2.45, 2.75) is 70.4 Å². The van der Waals surface area contributed by atoms with Crippen molar-refractivity contribution in [1.82, 2.24) is 10.2 Å². The zero-order valence-electron chi connectivity index (χ0n) is 20.4. The Morgan fingerprint density at radius 3 is 2.32 bits per heavy atom. The minimum Gasteiger partial charge on any atom is -0.444 e. The van der Waals surface area contributed by atoms with Crippen molar-refractivity contribution in [3.8, 4) is 0 Å². The Balaban J connectivity index is 1.40. The molecule has 2 aliphatic rings. The molecule has 1 saturated carbocycles. The topological polar surface area (TPSA) is 58.6 Å². The van der Waals surface area contributed by atoms with Gasteiger partial charge in [-0.15, -0.1) is 0 Å². The molecule has 2 amide bonds. The number of carbonyl (C=O) groups is 2. The van der Waals surface area contributed by atoms with Crippen molar-refractivity contribution in [2.24, 2.45) is 5.92 Å². The lowest BCUT2D eigenvalue weighted by Crippen LogP contribution is -2.42. The zero-order chi connectivity index (χ0) is 24.3. The van der Waals surface area contributed by atoms with Crippen molar-refractivity contribution in [2.75, 3.05) is 13.1 Å². The molecule has 0 aromatic heterocycles. The van der Waals surface area contributed by atoms with Crippen LogP contribution in [0.15, 0.2) is 48.5 Å². The van der Waals surface area contributed by atoms with E-state index < -0.39 is 5.60 Å². The van der Waals surface area contributed by atoms with Crippen LogP contribution in [-0.4, -0.2) is 35.6 Å². The predicted octanol–water partition coefficient (Wildman–Crippen LogP) is 6.21. The molecule has 0 radical (unpaired) electrons. The molecule has 2 fully saturated rings. The molecule has 5 nitrogen and oxygen atoms in total.